The van der Waals surface area contributed by atoms with Gasteiger partial charge in [-0.05, 0) is 31.9 Å². The Labute approximate surface area is 79.3 Å². The molecule has 1 atom stereocenters. The second-order valence-corrected chi connectivity index (χ2v) is 3.89. The summed E-state index contributed by atoms with van der Waals surface area (Å²) in [5.74, 6) is 1.05. The highest BCUT2D eigenvalue weighted by atomic mass is 16.3. The number of furan rings is 1. The molecular formula is C11H17NO. The fourth-order valence-electron chi connectivity index (χ4n) is 2.07. The van der Waals surface area contributed by atoms with Crippen LogP contribution in [0.25, 0.3) is 0 Å². The molecular weight excluding hydrogens is 162 g/mol. The van der Waals surface area contributed by atoms with Crippen LogP contribution in [0.15, 0.2) is 22.8 Å². The lowest BCUT2D eigenvalue weighted by Gasteiger charge is -2.16. The monoisotopic (exact) mass is 179 g/mol. The highest BCUT2D eigenvalue weighted by Gasteiger charge is 2.18. The number of rotatable bonds is 3. The van der Waals surface area contributed by atoms with Gasteiger partial charge in [-0.15, -0.1) is 0 Å². The average molecular weight is 179 g/mol. The number of hydrogen-bond acceptors (Lipinski definition) is 2. The maximum Gasteiger partial charge on any atom is 0.120 e. The summed E-state index contributed by atoms with van der Waals surface area (Å²) >= 11 is 0. The Hall–Kier alpha value is -0.760. The SMILES string of the molecule is CC(NC1CCCC1)c1ccco1. The van der Waals surface area contributed by atoms with E-state index >= 15 is 0 Å². The second-order valence-electron chi connectivity index (χ2n) is 3.89. The fourth-order valence-corrected chi connectivity index (χ4v) is 2.07. The van der Waals surface area contributed by atoms with Crippen LogP contribution in [0, 0.1) is 0 Å². The fraction of sp³-hybridized carbons (Fsp3) is 0.636. The highest BCUT2D eigenvalue weighted by Crippen LogP contribution is 2.21. The molecule has 0 aliphatic heterocycles. The largest absolute Gasteiger partial charge is 0.468 e. The molecule has 2 rings (SSSR count). The van der Waals surface area contributed by atoms with E-state index in [1.54, 1.807) is 6.26 Å². The highest BCUT2D eigenvalue weighted by molar-refractivity contribution is 5.03. The number of hydrogen-bond donors (Lipinski definition) is 1. The first kappa shape index (κ1) is 8.82. The van der Waals surface area contributed by atoms with Gasteiger partial charge in [0.15, 0.2) is 0 Å². The van der Waals surface area contributed by atoms with Crippen molar-refractivity contribution in [2.45, 2.75) is 44.7 Å². The van der Waals surface area contributed by atoms with Gasteiger partial charge in [-0.2, -0.15) is 0 Å². The van der Waals surface area contributed by atoms with Crippen LogP contribution in [0.2, 0.25) is 0 Å². The molecule has 0 bridgehead atoms. The van der Waals surface area contributed by atoms with Crippen LogP contribution in [0.4, 0.5) is 0 Å². The molecule has 1 aromatic heterocycles. The van der Waals surface area contributed by atoms with E-state index in [0.29, 0.717) is 12.1 Å². The molecule has 0 amide bonds. The maximum atomic E-state index is 5.34. The Morgan fingerprint density at radius 3 is 2.85 bits per heavy atom. The van der Waals surface area contributed by atoms with E-state index in [2.05, 4.69) is 12.2 Å². The van der Waals surface area contributed by atoms with Gasteiger partial charge in [0.2, 0.25) is 0 Å². The van der Waals surface area contributed by atoms with Gasteiger partial charge in [0.1, 0.15) is 5.76 Å². The van der Waals surface area contributed by atoms with Crippen molar-refractivity contribution in [3.05, 3.63) is 24.2 Å². The van der Waals surface area contributed by atoms with Crippen molar-refractivity contribution in [3.63, 3.8) is 0 Å². The molecule has 0 spiro atoms. The molecule has 0 saturated heterocycles. The zero-order valence-electron chi connectivity index (χ0n) is 8.12. The van der Waals surface area contributed by atoms with Crippen molar-refractivity contribution in [2.24, 2.45) is 0 Å². The Bertz CT molecular complexity index is 237. The molecule has 1 heterocycles. The summed E-state index contributed by atoms with van der Waals surface area (Å²) in [6.07, 6.45) is 7.14. The summed E-state index contributed by atoms with van der Waals surface area (Å²) in [6, 6.07) is 5.05. The van der Waals surface area contributed by atoms with Crippen LogP contribution in [0.5, 0.6) is 0 Å². The Morgan fingerprint density at radius 1 is 1.46 bits per heavy atom. The van der Waals surface area contributed by atoms with E-state index in [9.17, 15) is 0 Å². The molecule has 13 heavy (non-hydrogen) atoms. The first-order valence-corrected chi connectivity index (χ1v) is 5.16. The zero-order chi connectivity index (χ0) is 9.10. The quantitative estimate of drug-likeness (QED) is 0.771. The minimum absolute atomic E-state index is 0.359. The van der Waals surface area contributed by atoms with Gasteiger partial charge in [-0.1, -0.05) is 12.8 Å². The third-order valence-corrected chi connectivity index (χ3v) is 2.81. The minimum Gasteiger partial charge on any atom is -0.468 e. The molecule has 0 radical (unpaired) electrons. The van der Waals surface area contributed by atoms with Crippen molar-refractivity contribution in [1.82, 2.24) is 5.32 Å². The lowest BCUT2D eigenvalue weighted by molar-refractivity contribution is 0.390. The third kappa shape index (κ3) is 2.13. The topological polar surface area (TPSA) is 25.2 Å². The standard InChI is InChI=1S/C11H17NO/c1-9(11-7-4-8-13-11)12-10-5-2-3-6-10/h4,7-10,12H,2-3,5-6H2,1H3. The summed E-state index contributed by atoms with van der Waals surface area (Å²) in [7, 11) is 0. The van der Waals surface area contributed by atoms with Crippen LogP contribution < -0.4 is 5.32 Å². The first-order valence-electron chi connectivity index (χ1n) is 5.16. The molecule has 2 heteroatoms. The molecule has 1 aromatic rings. The van der Waals surface area contributed by atoms with Crippen LogP contribution in [0.3, 0.4) is 0 Å². The van der Waals surface area contributed by atoms with Crippen LogP contribution in [-0.4, -0.2) is 6.04 Å². The molecule has 1 fully saturated rings. The Balaban J connectivity index is 1.87. The van der Waals surface area contributed by atoms with E-state index in [0.717, 1.165) is 5.76 Å². The number of nitrogens with one attached hydrogen (secondary N) is 1. The smallest absolute Gasteiger partial charge is 0.120 e. The molecule has 1 aliphatic rings. The van der Waals surface area contributed by atoms with Crippen LogP contribution in [0.1, 0.15) is 44.4 Å². The molecule has 1 N–H and O–H groups in total. The van der Waals surface area contributed by atoms with Gasteiger partial charge in [-0.25, -0.2) is 0 Å². The summed E-state index contributed by atoms with van der Waals surface area (Å²) in [4.78, 5) is 0. The second kappa shape index (κ2) is 3.97. The van der Waals surface area contributed by atoms with Gasteiger partial charge >= 0.3 is 0 Å². The lowest BCUT2D eigenvalue weighted by Crippen LogP contribution is -2.28. The predicted molar refractivity (Wildman–Crippen MR) is 52.5 cm³/mol. The van der Waals surface area contributed by atoms with E-state index in [1.807, 2.05) is 12.1 Å². The minimum atomic E-state index is 0.359. The van der Waals surface area contributed by atoms with E-state index in [1.165, 1.54) is 25.7 Å². The molecule has 1 aliphatic carbocycles. The van der Waals surface area contributed by atoms with Crippen LogP contribution >= 0.6 is 0 Å². The van der Waals surface area contributed by atoms with Gasteiger partial charge in [-0.3, -0.25) is 0 Å². The summed E-state index contributed by atoms with van der Waals surface area (Å²) in [6.45, 7) is 2.16. The van der Waals surface area contributed by atoms with E-state index < -0.39 is 0 Å². The molecule has 1 unspecified atom stereocenters. The van der Waals surface area contributed by atoms with Crippen LogP contribution in [-0.2, 0) is 0 Å². The summed E-state index contributed by atoms with van der Waals surface area (Å²) in [5.41, 5.74) is 0. The molecule has 72 valence electrons. The average Bonchev–Trinajstić information content (AvgIpc) is 2.74. The van der Waals surface area contributed by atoms with Crippen molar-refractivity contribution in [1.29, 1.82) is 0 Å². The van der Waals surface area contributed by atoms with Gasteiger partial charge < -0.3 is 9.73 Å². The Morgan fingerprint density at radius 2 is 2.23 bits per heavy atom. The van der Waals surface area contributed by atoms with E-state index in [-0.39, 0.29) is 0 Å². The normalized spacial score (nSPS) is 20.7. The summed E-state index contributed by atoms with van der Waals surface area (Å²) < 4.78 is 5.34. The van der Waals surface area contributed by atoms with Gasteiger partial charge in [0.25, 0.3) is 0 Å². The molecule has 1 saturated carbocycles. The van der Waals surface area contributed by atoms with Gasteiger partial charge in [0.05, 0.1) is 12.3 Å². The zero-order valence-corrected chi connectivity index (χ0v) is 8.12. The van der Waals surface area contributed by atoms with Crippen molar-refractivity contribution >= 4 is 0 Å². The maximum absolute atomic E-state index is 5.34. The molecule has 2 nitrogen and oxygen atoms in total. The third-order valence-electron chi connectivity index (χ3n) is 2.81. The predicted octanol–water partition coefficient (Wildman–Crippen LogP) is 2.87. The lowest BCUT2D eigenvalue weighted by atomic mass is 10.2. The van der Waals surface area contributed by atoms with E-state index in [4.69, 9.17) is 4.42 Å². The first-order chi connectivity index (χ1) is 6.36. The van der Waals surface area contributed by atoms with Crippen molar-refractivity contribution < 1.29 is 4.42 Å². The Kier molecular flexibility index (Phi) is 2.69. The van der Waals surface area contributed by atoms with Crippen molar-refractivity contribution in [3.8, 4) is 0 Å². The van der Waals surface area contributed by atoms with Crippen molar-refractivity contribution in [2.75, 3.05) is 0 Å². The van der Waals surface area contributed by atoms with Gasteiger partial charge in [0, 0.05) is 6.04 Å². The molecule has 0 aromatic carbocycles. The summed E-state index contributed by atoms with van der Waals surface area (Å²) in [5, 5.41) is 3.59.